The molecule has 1 N–H and O–H groups in total. The normalized spacial score (nSPS) is 45.5. The minimum absolute atomic E-state index is 0.107. The smallest absolute Gasteiger partial charge is 0.138 e. The molecule has 2 aromatic heterocycles. The molecule has 0 aromatic carbocycles. The van der Waals surface area contributed by atoms with Gasteiger partial charge in [-0.3, -0.25) is 9.78 Å². The van der Waals surface area contributed by atoms with Crippen LogP contribution in [0.2, 0.25) is 0 Å². The molecule has 0 bridgehead atoms. The Labute approximate surface area is 256 Å². The van der Waals surface area contributed by atoms with Crippen LogP contribution in [0.25, 0.3) is 10.6 Å². The molecule has 3 heterocycles. The summed E-state index contributed by atoms with van der Waals surface area (Å²) in [6.45, 7) is 18.5. The number of Topliss-reactive ketones (excluding diaryl/α,β-unsaturated/α-hetero) is 1. The Balaban J connectivity index is 1.29. The topological polar surface area (TPSA) is 72.3 Å². The van der Waals surface area contributed by atoms with E-state index in [1.165, 1.54) is 11.3 Å². The van der Waals surface area contributed by atoms with Gasteiger partial charge in [-0.1, -0.05) is 34.6 Å². The predicted octanol–water partition coefficient (Wildman–Crippen LogP) is 7.79. The van der Waals surface area contributed by atoms with Crippen LogP contribution in [0, 0.1) is 39.9 Å². The summed E-state index contributed by atoms with van der Waals surface area (Å²) < 4.78 is 6.90. The second kappa shape index (κ2) is 8.97. The molecule has 3 saturated carbocycles. The first kappa shape index (κ1) is 29.1. The number of aliphatic hydroxyl groups excluding tert-OH is 1. The van der Waals surface area contributed by atoms with E-state index in [9.17, 15) is 9.90 Å². The number of rotatable bonds is 2. The maximum absolute atomic E-state index is 14.6. The van der Waals surface area contributed by atoms with Crippen molar-refractivity contribution >= 4 is 17.1 Å². The van der Waals surface area contributed by atoms with Crippen molar-refractivity contribution in [3.8, 4) is 10.6 Å². The summed E-state index contributed by atoms with van der Waals surface area (Å²) in [5.41, 5.74) is 0.889. The Bertz CT molecular complexity index is 1420. The summed E-state index contributed by atoms with van der Waals surface area (Å²) in [5.74, 6) is 1.02. The lowest BCUT2D eigenvalue weighted by Crippen LogP contribution is -2.68. The molecule has 0 spiro atoms. The Kier molecular flexibility index (Phi) is 6.22. The number of nitrogens with zero attached hydrogens (tertiary/aromatic N) is 2. The van der Waals surface area contributed by atoms with Crippen LogP contribution in [-0.2, 0) is 21.4 Å². The summed E-state index contributed by atoms with van der Waals surface area (Å²) >= 11 is 1.78. The van der Waals surface area contributed by atoms with Gasteiger partial charge in [0.2, 0.25) is 0 Å². The number of carbonyl (C=O) groups excluding carboxylic acids is 1. The van der Waals surface area contributed by atoms with Gasteiger partial charge in [-0.05, 0) is 112 Å². The first-order chi connectivity index (χ1) is 19.6. The van der Waals surface area contributed by atoms with Crippen LogP contribution in [0.15, 0.2) is 24.5 Å². The van der Waals surface area contributed by atoms with E-state index in [1.54, 1.807) is 17.5 Å². The lowest BCUT2D eigenvalue weighted by molar-refractivity contribution is -0.239. The number of hydrogen-bond acceptors (Lipinski definition) is 6. The molecule has 7 rings (SSSR count). The maximum atomic E-state index is 14.6. The van der Waals surface area contributed by atoms with E-state index in [0.717, 1.165) is 54.8 Å². The molecule has 6 heteroatoms. The van der Waals surface area contributed by atoms with Crippen LogP contribution in [0.3, 0.4) is 0 Å². The third-order valence-corrected chi connectivity index (χ3v) is 14.8. The number of ether oxygens (including phenoxy) is 1. The quantitative estimate of drug-likeness (QED) is 0.387. The summed E-state index contributed by atoms with van der Waals surface area (Å²) in [4.78, 5) is 25.4. The van der Waals surface area contributed by atoms with Gasteiger partial charge in [0.15, 0.2) is 0 Å². The standard InChI is InChI=1S/C36H50N2O3S/c1-31(2)13-10-14-36(8,41-31)22-12-15-34(6)27(22)23(39)17-26-33(5)19-25-29(38-30(42-25)21-11-9-16-37-20-21)32(3,4)28(33)24(40)18-35(26,34)7/h9,11,16,20,22-23,26-28,39H,10,12-15,17-19H2,1-8H3/t22-,23+,26+,27-,28-,33+,34+,35+,36+/m0/s1. The van der Waals surface area contributed by atoms with Crippen molar-refractivity contribution in [2.24, 2.45) is 39.9 Å². The minimum atomic E-state index is -0.381. The van der Waals surface area contributed by atoms with E-state index in [-0.39, 0.29) is 56.7 Å². The number of thiazole rings is 1. The van der Waals surface area contributed by atoms with Crippen molar-refractivity contribution in [3.05, 3.63) is 35.1 Å². The van der Waals surface area contributed by atoms with Gasteiger partial charge in [0, 0.05) is 40.6 Å². The molecule has 0 radical (unpaired) electrons. The van der Waals surface area contributed by atoms with E-state index in [0.29, 0.717) is 18.1 Å². The van der Waals surface area contributed by atoms with Gasteiger partial charge in [0.05, 0.1) is 23.0 Å². The molecule has 228 valence electrons. The van der Waals surface area contributed by atoms with Gasteiger partial charge in [0.25, 0.3) is 0 Å². The van der Waals surface area contributed by atoms with Crippen molar-refractivity contribution in [2.45, 2.75) is 129 Å². The van der Waals surface area contributed by atoms with E-state index in [1.807, 2.05) is 12.3 Å². The molecule has 5 nitrogen and oxygen atoms in total. The molecule has 0 amide bonds. The zero-order valence-electron chi connectivity index (χ0n) is 26.9. The van der Waals surface area contributed by atoms with Crippen molar-refractivity contribution in [1.82, 2.24) is 9.97 Å². The number of aliphatic hydroxyl groups is 1. The lowest BCUT2D eigenvalue weighted by atomic mass is 9.35. The second-order valence-electron chi connectivity index (χ2n) is 16.9. The number of carbonyl (C=O) groups is 1. The lowest BCUT2D eigenvalue weighted by Gasteiger charge is -2.69. The zero-order valence-corrected chi connectivity index (χ0v) is 27.7. The van der Waals surface area contributed by atoms with E-state index < -0.39 is 0 Å². The van der Waals surface area contributed by atoms with Crippen LogP contribution in [0.4, 0.5) is 0 Å². The van der Waals surface area contributed by atoms with Gasteiger partial charge in [-0.2, -0.15) is 0 Å². The predicted molar refractivity (Wildman–Crippen MR) is 167 cm³/mol. The van der Waals surface area contributed by atoms with Crippen molar-refractivity contribution < 1.29 is 14.6 Å². The highest BCUT2D eigenvalue weighted by Gasteiger charge is 2.73. The number of aromatic nitrogens is 2. The molecule has 2 aromatic rings. The Morgan fingerprint density at radius 3 is 2.45 bits per heavy atom. The number of ketones is 1. The molecule has 4 fully saturated rings. The van der Waals surface area contributed by atoms with Crippen LogP contribution in [-0.4, -0.2) is 38.2 Å². The van der Waals surface area contributed by atoms with Gasteiger partial charge in [0.1, 0.15) is 10.8 Å². The fourth-order valence-electron chi connectivity index (χ4n) is 12.1. The summed E-state index contributed by atoms with van der Waals surface area (Å²) in [6, 6.07) is 4.04. The first-order valence-corrected chi connectivity index (χ1v) is 17.2. The van der Waals surface area contributed by atoms with Crippen LogP contribution in [0.5, 0.6) is 0 Å². The van der Waals surface area contributed by atoms with Gasteiger partial charge < -0.3 is 9.84 Å². The molecule has 0 unspecified atom stereocenters. The molecule has 5 aliphatic rings. The van der Waals surface area contributed by atoms with Crippen molar-refractivity contribution in [2.75, 3.05) is 0 Å². The summed E-state index contributed by atoms with van der Waals surface area (Å²) in [5, 5.41) is 13.2. The van der Waals surface area contributed by atoms with Crippen LogP contribution in [0.1, 0.15) is 111 Å². The largest absolute Gasteiger partial charge is 0.393 e. The summed E-state index contributed by atoms with van der Waals surface area (Å²) in [6.07, 6.45) is 11.0. The molecule has 1 saturated heterocycles. The Morgan fingerprint density at radius 2 is 1.76 bits per heavy atom. The fourth-order valence-corrected chi connectivity index (χ4v) is 13.5. The molecular weight excluding hydrogens is 540 g/mol. The highest BCUT2D eigenvalue weighted by Crippen LogP contribution is 2.75. The molecule has 1 aliphatic heterocycles. The Morgan fingerprint density at radius 1 is 1.00 bits per heavy atom. The number of hydrogen-bond donors (Lipinski definition) is 1. The number of pyridine rings is 1. The van der Waals surface area contributed by atoms with Crippen molar-refractivity contribution in [3.63, 3.8) is 0 Å². The first-order valence-electron chi connectivity index (χ1n) is 16.4. The highest BCUT2D eigenvalue weighted by atomic mass is 32.1. The van der Waals surface area contributed by atoms with E-state index in [2.05, 4.69) is 66.4 Å². The summed E-state index contributed by atoms with van der Waals surface area (Å²) in [7, 11) is 0. The fraction of sp³-hybridized carbons (Fsp3) is 0.750. The average Bonchev–Trinajstić information content (AvgIpc) is 3.49. The van der Waals surface area contributed by atoms with Crippen LogP contribution >= 0.6 is 11.3 Å². The molecule has 4 aliphatic carbocycles. The van der Waals surface area contributed by atoms with E-state index >= 15 is 0 Å². The molecule has 9 atom stereocenters. The third-order valence-electron chi connectivity index (χ3n) is 13.7. The van der Waals surface area contributed by atoms with Crippen LogP contribution < -0.4 is 0 Å². The van der Waals surface area contributed by atoms with Gasteiger partial charge in [-0.25, -0.2) is 4.98 Å². The monoisotopic (exact) mass is 590 g/mol. The zero-order chi connectivity index (χ0) is 30.1. The van der Waals surface area contributed by atoms with Crippen molar-refractivity contribution in [1.29, 1.82) is 0 Å². The Hall–Kier alpha value is -1.63. The van der Waals surface area contributed by atoms with Gasteiger partial charge in [-0.15, -0.1) is 11.3 Å². The SMILES string of the molecule is CC1(C)CCC[C@](C)([C@H]2CC[C@]3(C)[C@@H]2[C@H](O)C[C@@H]2[C@@]4(C)Cc5sc(-c6cccnc6)nc5C(C)(C)[C@@H]4C(=O)C[C@]23C)O1. The van der Waals surface area contributed by atoms with E-state index in [4.69, 9.17) is 9.72 Å². The third kappa shape index (κ3) is 3.76. The van der Waals surface area contributed by atoms with Gasteiger partial charge >= 0.3 is 0 Å². The second-order valence-corrected chi connectivity index (χ2v) is 18.0. The maximum Gasteiger partial charge on any atom is 0.138 e. The molecule has 42 heavy (non-hydrogen) atoms. The number of fused-ring (bicyclic) bond motifs is 6. The molecular formula is C36H50N2O3S. The average molecular weight is 591 g/mol. The highest BCUT2D eigenvalue weighted by molar-refractivity contribution is 7.15. The minimum Gasteiger partial charge on any atom is -0.393 e.